The molecule has 4 aromatic rings. The molecule has 5 rings (SSSR count). The van der Waals surface area contributed by atoms with Gasteiger partial charge in [-0.15, -0.1) is 5.10 Å². The minimum absolute atomic E-state index is 0.0405. The number of nitrogens with zero attached hydrogens (tertiary/aromatic N) is 3. The summed E-state index contributed by atoms with van der Waals surface area (Å²) in [4.78, 5) is 4.42. The zero-order chi connectivity index (χ0) is 19.8. The van der Waals surface area contributed by atoms with E-state index in [1.165, 1.54) is 21.9 Å². The Labute approximate surface area is 169 Å². The Bertz CT molecular complexity index is 1150. The standard InChI is InChI=1S/C23H23N5O/c1-2-29-17-12-10-16(11-13-17)20-14-21(28-23(25-20)26-22(24)27-28)19-9-5-7-15-6-3-4-8-18(15)19/h3-13,20-21H,2,14H2,1H3,(H3,24,25,26,27)/t20-,21+/m0/s1. The summed E-state index contributed by atoms with van der Waals surface area (Å²) in [7, 11) is 0. The number of ether oxygens (including phenoxy) is 1. The summed E-state index contributed by atoms with van der Waals surface area (Å²) in [6.07, 6.45) is 0.845. The molecule has 6 heteroatoms. The van der Waals surface area contributed by atoms with Crippen molar-refractivity contribution in [3.05, 3.63) is 77.9 Å². The lowest BCUT2D eigenvalue weighted by Crippen LogP contribution is -2.28. The summed E-state index contributed by atoms with van der Waals surface area (Å²) in [6.45, 7) is 2.65. The third-order valence-electron chi connectivity index (χ3n) is 5.48. The van der Waals surface area contributed by atoms with Gasteiger partial charge in [-0.05, 0) is 47.4 Å². The molecule has 1 aromatic heterocycles. The highest BCUT2D eigenvalue weighted by Crippen LogP contribution is 2.40. The zero-order valence-corrected chi connectivity index (χ0v) is 16.2. The number of nitrogen functional groups attached to an aromatic ring is 1. The van der Waals surface area contributed by atoms with E-state index in [-0.39, 0.29) is 18.0 Å². The Balaban J connectivity index is 1.57. The highest BCUT2D eigenvalue weighted by atomic mass is 16.5. The molecule has 1 aliphatic heterocycles. The molecule has 146 valence electrons. The van der Waals surface area contributed by atoms with Gasteiger partial charge in [0.25, 0.3) is 0 Å². The van der Waals surface area contributed by atoms with Crippen LogP contribution in [-0.4, -0.2) is 21.4 Å². The minimum Gasteiger partial charge on any atom is -0.494 e. The maximum absolute atomic E-state index is 5.95. The van der Waals surface area contributed by atoms with Gasteiger partial charge in [0.05, 0.1) is 18.7 Å². The number of rotatable bonds is 4. The predicted molar refractivity (Wildman–Crippen MR) is 115 cm³/mol. The highest BCUT2D eigenvalue weighted by Gasteiger charge is 2.31. The Kier molecular flexibility index (Phi) is 4.31. The number of nitrogens with two attached hydrogens (primary N) is 1. The molecule has 0 spiro atoms. The van der Waals surface area contributed by atoms with Crippen molar-refractivity contribution in [1.82, 2.24) is 14.8 Å². The average molecular weight is 385 g/mol. The summed E-state index contributed by atoms with van der Waals surface area (Å²) >= 11 is 0. The van der Waals surface area contributed by atoms with Crippen LogP contribution in [0, 0.1) is 0 Å². The van der Waals surface area contributed by atoms with Crippen LogP contribution in [0.3, 0.4) is 0 Å². The zero-order valence-electron chi connectivity index (χ0n) is 16.2. The Morgan fingerprint density at radius 3 is 2.69 bits per heavy atom. The van der Waals surface area contributed by atoms with Crippen molar-refractivity contribution >= 4 is 22.7 Å². The number of anilines is 2. The van der Waals surface area contributed by atoms with Gasteiger partial charge in [-0.25, -0.2) is 4.68 Å². The Hall–Kier alpha value is -3.54. The largest absolute Gasteiger partial charge is 0.494 e. The summed E-state index contributed by atoms with van der Waals surface area (Å²) in [5, 5.41) is 10.4. The maximum Gasteiger partial charge on any atom is 0.241 e. The Morgan fingerprint density at radius 2 is 1.86 bits per heavy atom. The van der Waals surface area contributed by atoms with Gasteiger partial charge in [0.15, 0.2) is 0 Å². The van der Waals surface area contributed by atoms with Crippen LogP contribution in [0.2, 0.25) is 0 Å². The normalized spacial score (nSPS) is 18.2. The maximum atomic E-state index is 5.95. The number of aromatic nitrogens is 3. The van der Waals surface area contributed by atoms with Gasteiger partial charge in [-0.1, -0.05) is 54.6 Å². The fourth-order valence-electron chi connectivity index (χ4n) is 4.18. The number of benzene rings is 3. The third kappa shape index (κ3) is 3.16. The summed E-state index contributed by atoms with van der Waals surface area (Å²) in [6, 6.07) is 23.3. The van der Waals surface area contributed by atoms with Crippen LogP contribution >= 0.6 is 0 Å². The van der Waals surface area contributed by atoms with E-state index >= 15 is 0 Å². The fourth-order valence-corrected chi connectivity index (χ4v) is 4.18. The van der Waals surface area contributed by atoms with Gasteiger partial charge in [-0.3, -0.25) is 0 Å². The molecule has 0 amide bonds. The molecule has 3 aromatic carbocycles. The highest BCUT2D eigenvalue weighted by molar-refractivity contribution is 5.86. The molecule has 2 heterocycles. The monoisotopic (exact) mass is 385 g/mol. The number of fused-ring (bicyclic) bond motifs is 2. The van der Waals surface area contributed by atoms with Gasteiger partial charge in [0, 0.05) is 0 Å². The van der Waals surface area contributed by atoms with Crippen molar-refractivity contribution in [3.8, 4) is 5.75 Å². The molecule has 0 saturated heterocycles. The van der Waals surface area contributed by atoms with Crippen molar-refractivity contribution in [2.75, 3.05) is 17.7 Å². The lowest BCUT2D eigenvalue weighted by atomic mass is 9.90. The first-order valence-corrected chi connectivity index (χ1v) is 9.92. The molecular weight excluding hydrogens is 362 g/mol. The number of nitrogens with one attached hydrogen (secondary N) is 1. The van der Waals surface area contributed by atoms with Crippen molar-refractivity contribution in [2.24, 2.45) is 0 Å². The molecule has 0 unspecified atom stereocenters. The first-order valence-electron chi connectivity index (χ1n) is 9.92. The topological polar surface area (TPSA) is 78.0 Å². The molecule has 0 bridgehead atoms. The number of hydrogen-bond acceptors (Lipinski definition) is 5. The molecule has 0 saturated carbocycles. The number of hydrogen-bond donors (Lipinski definition) is 2. The lowest BCUT2D eigenvalue weighted by molar-refractivity contribution is 0.340. The van der Waals surface area contributed by atoms with Gasteiger partial charge in [-0.2, -0.15) is 4.98 Å². The van der Waals surface area contributed by atoms with E-state index in [4.69, 9.17) is 10.5 Å². The third-order valence-corrected chi connectivity index (χ3v) is 5.48. The average Bonchev–Trinajstić information content (AvgIpc) is 3.13. The second-order valence-electron chi connectivity index (χ2n) is 7.26. The van der Waals surface area contributed by atoms with Gasteiger partial charge < -0.3 is 15.8 Å². The molecule has 29 heavy (non-hydrogen) atoms. The quantitative estimate of drug-likeness (QED) is 0.538. The smallest absolute Gasteiger partial charge is 0.241 e. The van der Waals surface area contributed by atoms with Crippen LogP contribution in [0.4, 0.5) is 11.9 Å². The molecule has 0 fully saturated rings. The van der Waals surface area contributed by atoms with E-state index in [2.05, 4.69) is 70.0 Å². The molecule has 1 aliphatic rings. The molecule has 2 atom stereocenters. The van der Waals surface area contributed by atoms with E-state index < -0.39 is 0 Å². The fraction of sp³-hybridized carbons (Fsp3) is 0.217. The molecule has 3 N–H and O–H groups in total. The van der Waals surface area contributed by atoms with Crippen molar-refractivity contribution in [2.45, 2.75) is 25.4 Å². The minimum atomic E-state index is 0.0405. The molecule has 6 nitrogen and oxygen atoms in total. The first-order chi connectivity index (χ1) is 14.2. The van der Waals surface area contributed by atoms with Gasteiger partial charge in [0.1, 0.15) is 5.75 Å². The Morgan fingerprint density at radius 1 is 1.07 bits per heavy atom. The second kappa shape index (κ2) is 7.13. The molecule has 0 radical (unpaired) electrons. The summed E-state index contributed by atoms with van der Waals surface area (Å²) in [5.74, 6) is 1.86. The molecule has 0 aliphatic carbocycles. The second-order valence-corrected chi connectivity index (χ2v) is 7.26. The van der Waals surface area contributed by atoms with Gasteiger partial charge >= 0.3 is 0 Å². The van der Waals surface area contributed by atoms with E-state index in [0.29, 0.717) is 12.6 Å². The van der Waals surface area contributed by atoms with Crippen LogP contribution < -0.4 is 15.8 Å². The van der Waals surface area contributed by atoms with Crippen LogP contribution in [0.25, 0.3) is 10.8 Å². The van der Waals surface area contributed by atoms with E-state index in [9.17, 15) is 0 Å². The SMILES string of the molecule is CCOc1ccc([C@@H]2C[C@H](c3cccc4ccccc34)n3nc(N)nc3N2)cc1. The van der Waals surface area contributed by atoms with Crippen molar-refractivity contribution < 1.29 is 4.74 Å². The summed E-state index contributed by atoms with van der Waals surface area (Å²) < 4.78 is 7.50. The van der Waals surface area contributed by atoms with Crippen LogP contribution in [0.5, 0.6) is 5.75 Å². The molecular formula is C23H23N5O. The van der Waals surface area contributed by atoms with Crippen LogP contribution in [0.1, 0.15) is 36.6 Å². The lowest BCUT2D eigenvalue weighted by Gasteiger charge is -2.32. The van der Waals surface area contributed by atoms with E-state index in [1.807, 2.05) is 23.7 Å². The van der Waals surface area contributed by atoms with E-state index in [1.54, 1.807) is 0 Å². The van der Waals surface area contributed by atoms with Crippen LogP contribution in [0.15, 0.2) is 66.7 Å². The van der Waals surface area contributed by atoms with Crippen molar-refractivity contribution in [1.29, 1.82) is 0 Å². The van der Waals surface area contributed by atoms with Gasteiger partial charge in [0.2, 0.25) is 11.9 Å². The predicted octanol–water partition coefficient (Wildman–Crippen LogP) is 4.56. The van der Waals surface area contributed by atoms with E-state index in [0.717, 1.165) is 12.2 Å². The first kappa shape index (κ1) is 17.6. The summed E-state index contributed by atoms with van der Waals surface area (Å²) in [5.41, 5.74) is 8.36. The van der Waals surface area contributed by atoms with Crippen molar-refractivity contribution in [3.63, 3.8) is 0 Å². The van der Waals surface area contributed by atoms with Crippen LogP contribution in [-0.2, 0) is 0 Å².